The summed E-state index contributed by atoms with van der Waals surface area (Å²) in [5.41, 5.74) is -0.0400. The van der Waals surface area contributed by atoms with Gasteiger partial charge in [-0.05, 0) is 49.4 Å². The SMILES string of the molecule is C[C@]12C(=O)N(c3ccc(O)cc3)C(=O)[C@@H]1[C@@H]1C=C[C@@H]2C1. The van der Waals surface area contributed by atoms with E-state index in [9.17, 15) is 14.7 Å². The quantitative estimate of drug-likeness (QED) is 0.627. The van der Waals surface area contributed by atoms with Crippen LogP contribution in [0.1, 0.15) is 13.3 Å². The highest BCUT2D eigenvalue weighted by atomic mass is 16.3. The van der Waals surface area contributed by atoms with Crippen LogP contribution in [0.15, 0.2) is 36.4 Å². The van der Waals surface area contributed by atoms with Crippen molar-refractivity contribution in [1.29, 1.82) is 0 Å². The average Bonchev–Trinajstić information content (AvgIpc) is 3.05. The zero-order valence-electron chi connectivity index (χ0n) is 11.1. The Bertz CT molecular complexity index is 648. The second-order valence-electron chi connectivity index (χ2n) is 6.15. The van der Waals surface area contributed by atoms with Crippen molar-refractivity contribution in [2.75, 3.05) is 4.90 Å². The van der Waals surface area contributed by atoms with E-state index in [1.165, 1.54) is 17.0 Å². The number of imide groups is 1. The van der Waals surface area contributed by atoms with E-state index >= 15 is 0 Å². The largest absolute Gasteiger partial charge is 0.508 e. The second kappa shape index (κ2) is 3.51. The molecule has 4 rings (SSSR count). The van der Waals surface area contributed by atoms with Crippen LogP contribution in [0.25, 0.3) is 0 Å². The lowest BCUT2D eigenvalue weighted by Gasteiger charge is -2.28. The van der Waals surface area contributed by atoms with Crippen LogP contribution >= 0.6 is 0 Å². The van der Waals surface area contributed by atoms with Gasteiger partial charge in [-0.15, -0.1) is 0 Å². The van der Waals surface area contributed by atoms with Crippen LogP contribution in [0.5, 0.6) is 5.75 Å². The van der Waals surface area contributed by atoms with Gasteiger partial charge < -0.3 is 5.11 Å². The van der Waals surface area contributed by atoms with Gasteiger partial charge in [-0.3, -0.25) is 9.59 Å². The molecular weight excluding hydrogens is 254 g/mol. The smallest absolute Gasteiger partial charge is 0.241 e. The molecule has 0 spiro atoms. The summed E-state index contributed by atoms with van der Waals surface area (Å²) < 4.78 is 0. The number of hydrogen-bond donors (Lipinski definition) is 1. The molecule has 2 amide bonds. The maximum atomic E-state index is 12.8. The number of phenolic OH excluding ortho intramolecular Hbond substituents is 1. The molecule has 1 saturated carbocycles. The van der Waals surface area contributed by atoms with E-state index in [1.54, 1.807) is 12.1 Å². The molecule has 1 heterocycles. The van der Waals surface area contributed by atoms with E-state index in [0.717, 1.165) is 6.42 Å². The minimum absolute atomic E-state index is 0.0972. The van der Waals surface area contributed by atoms with Gasteiger partial charge in [-0.1, -0.05) is 12.2 Å². The van der Waals surface area contributed by atoms with Gasteiger partial charge in [0.15, 0.2) is 0 Å². The van der Waals surface area contributed by atoms with Crippen LogP contribution in [0.4, 0.5) is 5.69 Å². The van der Waals surface area contributed by atoms with E-state index in [1.807, 2.05) is 6.92 Å². The third-order valence-corrected chi connectivity index (χ3v) is 5.22. The number of carbonyl (C=O) groups excluding carboxylic acids is 2. The molecule has 0 unspecified atom stereocenters. The number of benzene rings is 1. The minimum Gasteiger partial charge on any atom is -0.508 e. The zero-order chi connectivity index (χ0) is 14.1. The number of amides is 2. The summed E-state index contributed by atoms with van der Waals surface area (Å²) in [6.45, 7) is 1.92. The van der Waals surface area contributed by atoms with Crippen LogP contribution in [0.3, 0.4) is 0 Å². The molecule has 1 saturated heterocycles. The van der Waals surface area contributed by atoms with Crippen molar-refractivity contribution in [2.24, 2.45) is 23.2 Å². The fraction of sp³-hybridized carbons (Fsp3) is 0.375. The molecule has 2 bridgehead atoms. The summed E-state index contributed by atoms with van der Waals surface area (Å²) in [4.78, 5) is 26.8. The van der Waals surface area contributed by atoms with Gasteiger partial charge in [0.05, 0.1) is 17.0 Å². The predicted octanol–water partition coefficient (Wildman–Crippen LogP) is 2.09. The van der Waals surface area contributed by atoms with Crippen molar-refractivity contribution in [3.8, 4) is 5.75 Å². The van der Waals surface area contributed by atoms with Gasteiger partial charge in [0.1, 0.15) is 5.75 Å². The Morgan fingerprint density at radius 3 is 2.55 bits per heavy atom. The summed E-state index contributed by atoms with van der Waals surface area (Å²) in [6, 6.07) is 6.23. The Kier molecular flexibility index (Phi) is 2.05. The highest BCUT2D eigenvalue weighted by Crippen LogP contribution is 2.60. The lowest BCUT2D eigenvalue weighted by Crippen LogP contribution is -2.37. The van der Waals surface area contributed by atoms with Crippen LogP contribution in [-0.2, 0) is 9.59 Å². The van der Waals surface area contributed by atoms with E-state index in [0.29, 0.717) is 5.69 Å². The molecule has 0 radical (unpaired) electrons. The van der Waals surface area contributed by atoms with E-state index in [-0.39, 0.29) is 35.3 Å². The number of fused-ring (bicyclic) bond motifs is 5. The molecule has 20 heavy (non-hydrogen) atoms. The molecule has 0 aromatic heterocycles. The Balaban J connectivity index is 1.80. The first-order valence-electron chi connectivity index (χ1n) is 6.89. The van der Waals surface area contributed by atoms with Crippen molar-refractivity contribution < 1.29 is 14.7 Å². The molecule has 4 atom stereocenters. The second-order valence-corrected chi connectivity index (χ2v) is 6.15. The Labute approximate surface area is 116 Å². The summed E-state index contributed by atoms with van der Waals surface area (Å²) in [7, 11) is 0. The van der Waals surface area contributed by atoms with Crippen molar-refractivity contribution in [1.82, 2.24) is 0 Å². The van der Waals surface area contributed by atoms with E-state index in [4.69, 9.17) is 0 Å². The highest BCUT2D eigenvalue weighted by Gasteiger charge is 2.67. The van der Waals surface area contributed by atoms with Crippen LogP contribution in [0, 0.1) is 23.2 Å². The monoisotopic (exact) mass is 269 g/mol. The number of aromatic hydroxyl groups is 1. The van der Waals surface area contributed by atoms with Gasteiger partial charge in [-0.25, -0.2) is 4.90 Å². The van der Waals surface area contributed by atoms with Crippen molar-refractivity contribution in [3.63, 3.8) is 0 Å². The summed E-state index contributed by atoms with van der Waals surface area (Å²) in [5.74, 6) is 0.0782. The highest BCUT2D eigenvalue weighted by molar-refractivity contribution is 6.24. The first kappa shape index (κ1) is 11.7. The molecule has 1 aromatic carbocycles. The van der Waals surface area contributed by atoms with Gasteiger partial charge in [0.2, 0.25) is 11.8 Å². The first-order valence-corrected chi connectivity index (χ1v) is 6.89. The number of allylic oxidation sites excluding steroid dienone is 2. The zero-order valence-corrected chi connectivity index (χ0v) is 11.1. The number of hydrogen-bond acceptors (Lipinski definition) is 3. The van der Waals surface area contributed by atoms with Gasteiger partial charge in [0.25, 0.3) is 0 Å². The van der Waals surface area contributed by atoms with E-state index in [2.05, 4.69) is 12.2 Å². The molecule has 1 N–H and O–H groups in total. The number of phenols is 1. The average molecular weight is 269 g/mol. The molecule has 3 aliphatic rings. The number of carbonyl (C=O) groups is 2. The molecule has 4 heteroatoms. The van der Waals surface area contributed by atoms with E-state index < -0.39 is 5.41 Å². The third-order valence-electron chi connectivity index (χ3n) is 5.22. The molecular formula is C16H15NO3. The van der Waals surface area contributed by atoms with Crippen LogP contribution < -0.4 is 4.90 Å². The number of anilines is 1. The van der Waals surface area contributed by atoms with Crippen molar-refractivity contribution in [3.05, 3.63) is 36.4 Å². The number of nitrogens with zero attached hydrogens (tertiary/aromatic N) is 1. The summed E-state index contributed by atoms with van der Waals surface area (Å²) in [5, 5.41) is 9.34. The lowest BCUT2D eigenvalue weighted by atomic mass is 9.71. The standard InChI is InChI=1S/C16H15NO3/c1-16-10-3-2-9(8-10)13(16)14(19)17(15(16)20)11-4-6-12(18)7-5-11/h2-7,9-10,13,18H,8H2,1H3/t9-,10-,13+,16-/m1/s1. The molecule has 2 aliphatic carbocycles. The van der Waals surface area contributed by atoms with Crippen molar-refractivity contribution >= 4 is 17.5 Å². The molecule has 102 valence electrons. The fourth-order valence-electron chi connectivity index (χ4n) is 4.15. The Hall–Kier alpha value is -2.10. The minimum atomic E-state index is -0.589. The molecule has 1 aromatic rings. The molecule has 4 nitrogen and oxygen atoms in total. The normalized spacial score (nSPS) is 37.9. The lowest BCUT2D eigenvalue weighted by molar-refractivity contribution is -0.127. The van der Waals surface area contributed by atoms with Gasteiger partial charge in [-0.2, -0.15) is 0 Å². The Morgan fingerprint density at radius 2 is 1.90 bits per heavy atom. The first-order chi connectivity index (χ1) is 9.53. The Morgan fingerprint density at radius 1 is 1.20 bits per heavy atom. The number of rotatable bonds is 1. The van der Waals surface area contributed by atoms with Gasteiger partial charge in [0, 0.05) is 0 Å². The maximum absolute atomic E-state index is 12.8. The van der Waals surface area contributed by atoms with Crippen LogP contribution in [-0.4, -0.2) is 16.9 Å². The predicted molar refractivity (Wildman–Crippen MR) is 72.9 cm³/mol. The fourth-order valence-corrected chi connectivity index (χ4v) is 4.15. The van der Waals surface area contributed by atoms with Gasteiger partial charge >= 0.3 is 0 Å². The third kappa shape index (κ3) is 1.17. The maximum Gasteiger partial charge on any atom is 0.241 e. The summed E-state index contributed by atoms with van der Waals surface area (Å²) >= 11 is 0. The molecule has 2 fully saturated rings. The summed E-state index contributed by atoms with van der Waals surface area (Å²) in [6.07, 6.45) is 5.09. The van der Waals surface area contributed by atoms with Crippen molar-refractivity contribution in [2.45, 2.75) is 13.3 Å². The topological polar surface area (TPSA) is 57.6 Å². The molecule has 1 aliphatic heterocycles. The van der Waals surface area contributed by atoms with Crippen LogP contribution in [0.2, 0.25) is 0 Å².